The minimum Gasteiger partial charge on any atom is -0.352 e. The van der Waals surface area contributed by atoms with Gasteiger partial charge in [-0.2, -0.15) is 0 Å². The largest absolute Gasteiger partial charge is 0.352 e. The van der Waals surface area contributed by atoms with E-state index in [4.69, 9.17) is 17.3 Å². The van der Waals surface area contributed by atoms with Gasteiger partial charge in [0.05, 0.1) is 0 Å². The van der Waals surface area contributed by atoms with Gasteiger partial charge in [-0.25, -0.2) is 9.78 Å². The quantitative estimate of drug-likeness (QED) is 0.539. The molecule has 0 bridgehead atoms. The first-order valence-corrected chi connectivity index (χ1v) is 6.38. The van der Waals surface area contributed by atoms with Gasteiger partial charge < -0.3 is 16.4 Å². The van der Waals surface area contributed by atoms with Crippen LogP contribution in [0.15, 0.2) is 12.1 Å². The maximum Gasteiger partial charge on any atom is 0.312 e. The minimum atomic E-state index is -0.619. The fourth-order valence-electron chi connectivity index (χ4n) is 1.53. The van der Waals surface area contributed by atoms with Crippen molar-refractivity contribution in [3.8, 4) is 0 Å². The Balaban J connectivity index is 2.58. The number of nitrogens with zero attached hydrogens (tertiary/aromatic N) is 1. The summed E-state index contributed by atoms with van der Waals surface area (Å²) in [6.07, 6.45) is 1.70. The van der Waals surface area contributed by atoms with Crippen molar-refractivity contribution >= 4 is 23.5 Å². The van der Waals surface area contributed by atoms with Gasteiger partial charge in [-0.15, -0.1) is 0 Å². The van der Waals surface area contributed by atoms with Gasteiger partial charge in [-0.05, 0) is 18.6 Å². The van der Waals surface area contributed by atoms with Crippen molar-refractivity contribution in [1.29, 1.82) is 0 Å². The number of rotatable bonds is 6. The Hall–Kier alpha value is -1.82. The SMILES string of the molecule is CCCc1cc(C(=O)NCCNC(N)=O)cc(Cl)n1. The molecule has 0 saturated heterocycles. The van der Waals surface area contributed by atoms with Crippen LogP contribution in [0.1, 0.15) is 29.4 Å². The molecule has 0 spiro atoms. The number of nitrogens with one attached hydrogen (secondary N) is 2. The second-order valence-electron chi connectivity index (χ2n) is 3.97. The zero-order valence-corrected chi connectivity index (χ0v) is 11.5. The molecule has 4 N–H and O–H groups in total. The summed E-state index contributed by atoms with van der Waals surface area (Å²) in [6.45, 7) is 2.60. The Bertz CT molecular complexity index is 465. The van der Waals surface area contributed by atoms with Crippen LogP contribution in [-0.4, -0.2) is 30.0 Å². The Labute approximate surface area is 116 Å². The molecule has 0 aliphatic carbocycles. The van der Waals surface area contributed by atoms with E-state index >= 15 is 0 Å². The van der Waals surface area contributed by atoms with Crippen LogP contribution in [-0.2, 0) is 6.42 Å². The lowest BCUT2D eigenvalue weighted by atomic mass is 10.1. The zero-order chi connectivity index (χ0) is 14.3. The molecule has 1 heterocycles. The van der Waals surface area contributed by atoms with E-state index in [0.717, 1.165) is 18.5 Å². The van der Waals surface area contributed by atoms with Gasteiger partial charge in [0, 0.05) is 24.3 Å². The van der Waals surface area contributed by atoms with Gasteiger partial charge in [0.15, 0.2) is 0 Å². The Kier molecular flexibility index (Phi) is 6.08. The van der Waals surface area contributed by atoms with Crippen LogP contribution in [0.2, 0.25) is 5.15 Å². The molecule has 0 unspecified atom stereocenters. The fraction of sp³-hybridized carbons (Fsp3) is 0.417. The molecular weight excluding hydrogens is 268 g/mol. The summed E-state index contributed by atoms with van der Waals surface area (Å²) < 4.78 is 0. The lowest BCUT2D eigenvalue weighted by molar-refractivity contribution is 0.0953. The predicted molar refractivity (Wildman–Crippen MR) is 73.2 cm³/mol. The summed E-state index contributed by atoms with van der Waals surface area (Å²) in [5.41, 5.74) is 6.15. The topological polar surface area (TPSA) is 97.1 Å². The predicted octanol–water partition coefficient (Wildman–Crippen LogP) is 1.09. The van der Waals surface area contributed by atoms with Crippen molar-refractivity contribution in [2.75, 3.05) is 13.1 Å². The number of aromatic nitrogens is 1. The molecule has 1 aromatic rings. The molecule has 0 saturated carbocycles. The zero-order valence-electron chi connectivity index (χ0n) is 10.7. The van der Waals surface area contributed by atoms with Gasteiger partial charge in [-0.1, -0.05) is 24.9 Å². The van der Waals surface area contributed by atoms with E-state index in [1.54, 1.807) is 6.07 Å². The van der Waals surface area contributed by atoms with Crippen LogP contribution in [0.5, 0.6) is 0 Å². The average molecular weight is 285 g/mol. The summed E-state index contributed by atoms with van der Waals surface area (Å²) in [6, 6.07) is 2.61. The molecular formula is C12H17ClN4O2. The lowest BCUT2D eigenvalue weighted by Crippen LogP contribution is -2.37. The van der Waals surface area contributed by atoms with Crippen molar-refractivity contribution in [1.82, 2.24) is 15.6 Å². The van der Waals surface area contributed by atoms with Crippen LogP contribution >= 0.6 is 11.6 Å². The molecule has 1 aromatic heterocycles. The molecule has 0 fully saturated rings. The van der Waals surface area contributed by atoms with Gasteiger partial charge >= 0.3 is 6.03 Å². The molecule has 104 valence electrons. The number of pyridine rings is 1. The summed E-state index contributed by atoms with van der Waals surface area (Å²) in [7, 11) is 0. The normalized spacial score (nSPS) is 10.0. The molecule has 19 heavy (non-hydrogen) atoms. The van der Waals surface area contributed by atoms with Crippen LogP contribution in [0.25, 0.3) is 0 Å². The highest BCUT2D eigenvalue weighted by Gasteiger charge is 2.08. The molecule has 7 heteroatoms. The molecule has 0 aliphatic rings. The number of nitrogens with two attached hydrogens (primary N) is 1. The van der Waals surface area contributed by atoms with Crippen molar-refractivity contribution in [2.45, 2.75) is 19.8 Å². The first-order valence-electron chi connectivity index (χ1n) is 6.01. The number of urea groups is 1. The number of aryl methyl sites for hydroxylation is 1. The molecule has 3 amide bonds. The van der Waals surface area contributed by atoms with Crippen molar-refractivity contribution in [2.24, 2.45) is 5.73 Å². The minimum absolute atomic E-state index is 0.257. The van der Waals surface area contributed by atoms with Gasteiger partial charge in [0.25, 0.3) is 5.91 Å². The highest BCUT2D eigenvalue weighted by Crippen LogP contribution is 2.12. The summed E-state index contributed by atoms with van der Waals surface area (Å²) >= 11 is 5.87. The van der Waals surface area contributed by atoms with Crippen LogP contribution in [0.4, 0.5) is 4.79 Å². The second-order valence-corrected chi connectivity index (χ2v) is 4.35. The van der Waals surface area contributed by atoms with E-state index in [9.17, 15) is 9.59 Å². The monoisotopic (exact) mass is 284 g/mol. The maximum atomic E-state index is 11.9. The summed E-state index contributed by atoms with van der Waals surface area (Å²) in [4.78, 5) is 26.4. The second kappa shape index (κ2) is 7.58. The van der Waals surface area contributed by atoms with Crippen LogP contribution < -0.4 is 16.4 Å². The van der Waals surface area contributed by atoms with E-state index in [1.807, 2.05) is 6.92 Å². The molecule has 6 nitrogen and oxygen atoms in total. The molecule has 0 aromatic carbocycles. The average Bonchev–Trinajstić information content (AvgIpc) is 2.34. The number of halogens is 1. The maximum absolute atomic E-state index is 11.9. The van der Waals surface area contributed by atoms with Gasteiger partial charge in [0.2, 0.25) is 0 Å². The molecule has 0 radical (unpaired) electrons. The Morgan fingerprint density at radius 3 is 2.63 bits per heavy atom. The number of hydrogen-bond donors (Lipinski definition) is 3. The van der Waals surface area contributed by atoms with E-state index in [2.05, 4.69) is 15.6 Å². The van der Waals surface area contributed by atoms with Crippen molar-refractivity contribution in [3.63, 3.8) is 0 Å². The summed E-state index contributed by atoms with van der Waals surface area (Å²) in [5, 5.41) is 5.33. The number of carbonyl (C=O) groups is 2. The number of carbonyl (C=O) groups excluding carboxylic acids is 2. The molecule has 0 aliphatic heterocycles. The summed E-state index contributed by atoms with van der Waals surface area (Å²) in [5.74, 6) is -0.257. The first-order chi connectivity index (χ1) is 9.02. The third-order valence-corrected chi connectivity index (χ3v) is 2.52. The van der Waals surface area contributed by atoms with Crippen molar-refractivity contribution < 1.29 is 9.59 Å². The number of primary amides is 1. The number of amides is 3. The van der Waals surface area contributed by atoms with E-state index in [1.165, 1.54) is 6.07 Å². The van der Waals surface area contributed by atoms with Crippen LogP contribution in [0.3, 0.4) is 0 Å². The van der Waals surface area contributed by atoms with Crippen molar-refractivity contribution in [3.05, 3.63) is 28.5 Å². The third kappa shape index (κ3) is 5.56. The molecule has 0 atom stereocenters. The standard InChI is InChI=1S/C12H17ClN4O2/c1-2-3-9-6-8(7-10(13)17-9)11(18)15-4-5-16-12(14)19/h6-7H,2-5H2,1H3,(H,15,18)(H3,14,16,19). The third-order valence-electron chi connectivity index (χ3n) is 2.33. The smallest absolute Gasteiger partial charge is 0.312 e. The van der Waals surface area contributed by atoms with Gasteiger partial charge in [-0.3, -0.25) is 4.79 Å². The Morgan fingerprint density at radius 1 is 1.32 bits per heavy atom. The highest BCUT2D eigenvalue weighted by molar-refractivity contribution is 6.29. The molecule has 1 rings (SSSR count). The lowest BCUT2D eigenvalue weighted by Gasteiger charge is -2.07. The van der Waals surface area contributed by atoms with Crippen LogP contribution in [0, 0.1) is 0 Å². The first kappa shape index (κ1) is 15.2. The van der Waals surface area contributed by atoms with E-state index in [0.29, 0.717) is 17.3 Å². The Morgan fingerprint density at radius 2 is 2.00 bits per heavy atom. The highest BCUT2D eigenvalue weighted by atomic mass is 35.5. The van der Waals surface area contributed by atoms with E-state index in [-0.39, 0.29) is 12.5 Å². The fourth-order valence-corrected chi connectivity index (χ4v) is 1.76. The van der Waals surface area contributed by atoms with Gasteiger partial charge in [0.1, 0.15) is 5.15 Å². The van der Waals surface area contributed by atoms with E-state index < -0.39 is 6.03 Å². The number of hydrogen-bond acceptors (Lipinski definition) is 3.